The highest BCUT2D eigenvalue weighted by Crippen LogP contribution is 2.32. The summed E-state index contributed by atoms with van der Waals surface area (Å²) in [6.07, 6.45) is 1.51. The lowest BCUT2D eigenvalue weighted by Gasteiger charge is -2.22. The standard InChI is InChI=1S/C24H18F3N3O2/c25-24(26,27)17-5-3-6-19(14-17)30-20-7-2-1-4-15(20)13-21(30)23(31)29-18-8-9-22-16(12-18)10-11-28-32-22/h1-10,13-14,28H,11-12H2,(H,29,31). The van der Waals surface area contributed by atoms with Crippen LogP contribution in [-0.2, 0) is 11.0 Å². The number of rotatable bonds is 3. The molecule has 0 spiro atoms. The molecule has 5 rings (SSSR count). The van der Waals surface area contributed by atoms with Crippen LogP contribution in [0.4, 0.5) is 13.2 Å². The number of fused-ring (bicyclic) bond motifs is 2. The number of aromatic nitrogens is 1. The average molecular weight is 437 g/mol. The molecule has 8 heteroatoms. The molecule has 0 atom stereocenters. The molecule has 2 N–H and O–H groups in total. The van der Waals surface area contributed by atoms with E-state index in [4.69, 9.17) is 4.84 Å². The zero-order valence-electron chi connectivity index (χ0n) is 16.7. The van der Waals surface area contributed by atoms with Crippen molar-refractivity contribution in [2.75, 3.05) is 6.54 Å². The molecule has 2 aliphatic rings. The summed E-state index contributed by atoms with van der Waals surface area (Å²) in [5.74, 6) is 0.296. The normalized spacial score (nSPS) is 15.9. The van der Waals surface area contributed by atoms with Gasteiger partial charge in [0.2, 0.25) is 0 Å². The predicted molar refractivity (Wildman–Crippen MR) is 114 cm³/mol. The van der Waals surface area contributed by atoms with Crippen molar-refractivity contribution in [2.45, 2.75) is 12.6 Å². The maximum Gasteiger partial charge on any atom is 0.416 e. The highest BCUT2D eigenvalue weighted by molar-refractivity contribution is 6.00. The first-order valence-electron chi connectivity index (χ1n) is 9.99. The molecule has 162 valence electrons. The van der Waals surface area contributed by atoms with Crippen LogP contribution in [0.3, 0.4) is 0 Å². The zero-order valence-corrected chi connectivity index (χ0v) is 16.7. The number of nitrogens with zero attached hydrogens (tertiary/aromatic N) is 1. The molecule has 0 radical (unpaired) electrons. The number of hydroxylamine groups is 1. The summed E-state index contributed by atoms with van der Waals surface area (Å²) in [7, 11) is 0. The van der Waals surface area contributed by atoms with Gasteiger partial charge >= 0.3 is 6.18 Å². The second-order valence-electron chi connectivity index (χ2n) is 7.51. The number of nitrogens with one attached hydrogen (secondary N) is 2. The van der Waals surface area contributed by atoms with Crippen LogP contribution >= 0.6 is 0 Å². The van der Waals surface area contributed by atoms with Crippen LogP contribution in [0.15, 0.2) is 89.9 Å². The second kappa shape index (κ2) is 7.72. The lowest BCUT2D eigenvalue weighted by atomic mass is 10.0. The Morgan fingerprint density at radius 3 is 2.75 bits per heavy atom. The number of para-hydroxylation sites is 1. The number of hydrogen-bond acceptors (Lipinski definition) is 3. The van der Waals surface area contributed by atoms with Crippen LogP contribution in [0.25, 0.3) is 16.6 Å². The molecule has 1 aromatic heterocycles. The van der Waals surface area contributed by atoms with Crippen molar-refractivity contribution in [1.29, 1.82) is 0 Å². The van der Waals surface area contributed by atoms with Gasteiger partial charge < -0.3 is 14.7 Å². The van der Waals surface area contributed by atoms with Gasteiger partial charge in [0.1, 0.15) is 5.69 Å². The van der Waals surface area contributed by atoms with Crippen molar-refractivity contribution in [2.24, 2.45) is 0 Å². The first kappa shape index (κ1) is 20.1. The van der Waals surface area contributed by atoms with E-state index in [9.17, 15) is 18.0 Å². The molecule has 1 aliphatic heterocycles. The highest BCUT2D eigenvalue weighted by atomic mass is 19.4. The van der Waals surface area contributed by atoms with Crippen LogP contribution in [0.5, 0.6) is 0 Å². The summed E-state index contributed by atoms with van der Waals surface area (Å²) in [5, 5.41) is 3.66. The minimum atomic E-state index is -4.48. The number of alkyl halides is 3. The Hall–Kier alpha value is -3.78. The van der Waals surface area contributed by atoms with Crippen molar-refractivity contribution in [3.05, 3.63) is 101 Å². The Kier molecular flexibility index (Phi) is 4.86. The average Bonchev–Trinajstić information content (AvgIpc) is 3.18. The number of amides is 1. The third kappa shape index (κ3) is 3.69. The van der Waals surface area contributed by atoms with E-state index in [0.717, 1.165) is 23.1 Å². The third-order valence-corrected chi connectivity index (χ3v) is 5.40. The number of halogens is 3. The minimum Gasteiger partial charge on any atom is -0.408 e. The molecule has 0 unspecified atom stereocenters. The van der Waals surface area contributed by atoms with Crippen LogP contribution in [-0.4, -0.2) is 17.0 Å². The van der Waals surface area contributed by atoms with Crippen molar-refractivity contribution in [3.63, 3.8) is 0 Å². The molecule has 1 aliphatic carbocycles. The maximum atomic E-state index is 13.3. The van der Waals surface area contributed by atoms with E-state index >= 15 is 0 Å². The van der Waals surface area contributed by atoms with Gasteiger partial charge in [0, 0.05) is 23.2 Å². The van der Waals surface area contributed by atoms with Crippen LogP contribution in [0, 0.1) is 0 Å². The fourth-order valence-corrected chi connectivity index (χ4v) is 3.91. The smallest absolute Gasteiger partial charge is 0.408 e. The summed E-state index contributed by atoms with van der Waals surface area (Å²) < 4.78 is 41.5. The first-order valence-corrected chi connectivity index (χ1v) is 9.99. The summed E-state index contributed by atoms with van der Waals surface area (Å²) in [4.78, 5) is 18.6. The van der Waals surface area contributed by atoms with Gasteiger partial charge in [0.25, 0.3) is 5.91 Å². The molecular weight excluding hydrogens is 419 g/mol. The van der Waals surface area contributed by atoms with E-state index in [1.54, 1.807) is 41.0 Å². The van der Waals surface area contributed by atoms with Gasteiger partial charge in [-0.25, -0.2) is 0 Å². The quantitative estimate of drug-likeness (QED) is 0.606. The van der Waals surface area contributed by atoms with Gasteiger partial charge in [-0.3, -0.25) is 4.79 Å². The SMILES string of the molecule is O=C(NC1=CC=C2ONCC=C2C1)c1cc2ccccc2n1-c1cccc(C(F)(F)F)c1. The topological polar surface area (TPSA) is 55.3 Å². The minimum absolute atomic E-state index is 0.247. The Balaban J connectivity index is 1.55. The fraction of sp³-hybridized carbons (Fsp3) is 0.125. The number of benzene rings is 2. The molecule has 2 heterocycles. The van der Waals surface area contributed by atoms with Crippen LogP contribution < -0.4 is 10.8 Å². The highest BCUT2D eigenvalue weighted by Gasteiger charge is 2.31. The van der Waals surface area contributed by atoms with E-state index in [2.05, 4.69) is 10.8 Å². The maximum absolute atomic E-state index is 13.3. The van der Waals surface area contributed by atoms with E-state index in [1.807, 2.05) is 18.2 Å². The third-order valence-electron chi connectivity index (χ3n) is 5.40. The summed E-state index contributed by atoms with van der Waals surface area (Å²) in [6, 6.07) is 13.9. The Morgan fingerprint density at radius 1 is 1.06 bits per heavy atom. The predicted octanol–water partition coefficient (Wildman–Crippen LogP) is 5.01. The Bertz CT molecular complexity index is 1320. The first-order chi connectivity index (χ1) is 15.4. The number of allylic oxidation sites excluding steroid dienone is 4. The molecule has 1 amide bonds. The Labute approximate surface area is 181 Å². The summed E-state index contributed by atoms with van der Waals surface area (Å²) in [5.41, 5.74) is 4.79. The number of carbonyl (C=O) groups excluding carboxylic acids is 1. The molecular formula is C24H18F3N3O2. The van der Waals surface area contributed by atoms with E-state index < -0.39 is 17.6 Å². The van der Waals surface area contributed by atoms with Gasteiger partial charge in [-0.05, 0) is 48.1 Å². The van der Waals surface area contributed by atoms with Gasteiger partial charge in [0.05, 0.1) is 17.6 Å². The van der Waals surface area contributed by atoms with E-state index in [0.29, 0.717) is 29.9 Å². The van der Waals surface area contributed by atoms with Gasteiger partial charge in [-0.1, -0.05) is 30.3 Å². The number of hydrogen-bond donors (Lipinski definition) is 2. The summed E-state index contributed by atoms with van der Waals surface area (Å²) >= 11 is 0. The van der Waals surface area contributed by atoms with Crippen molar-refractivity contribution >= 4 is 16.8 Å². The van der Waals surface area contributed by atoms with Crippen molar-refractivity contribution in [1.82, 2.24) is 15.4 Å². The molecule has 3 aromatic rings. The molecule has 5 nitrogen and oxygen atoms in total. The molecule has 0 saturated heterocycles. The molecule has 2 aromatic carbocycles. The summed E-state index contributed by atoms with van der Waals surface area (Å²) in [6.45, 7) is 0.567. The molecule has 0 saturated carbocycles. The van der Waals surface area contributed by atoms with E-state index in [1.165, 1.54) is 6.07 Å². The van der Waals surface area contributed by atoms with Gasteiger partial charge in [-0.2, -0.15) is 18.7 Å². The molecule has 0 bridgehead atoms. The van der Waals surface area contributed by atoms with Crippen molar-refractivity contribution in [3.8, 4) is 5.69 Å². The van der Waals surface area contributed by atoms with Crippen molar-refractivity contribution < 1.29 is 22.8 Å². The molecule has 0 fully saturated rings. The second-order valence-corrected chi connectivity index (χ2v) is 7.51. The lowest BCUT2D eigenvalue weighted by Crippen LogP contribution is -2.28. The van der Waals surface area contributed by atoms with Crippen LogP contribution in [0.2, 0.25) is 0 Å². The van der Waals surface area contributed by atoms with E-state index in [-0.39, 0.29) is 11.4 Å². The molecule has 32 heavy (non-hydrogen) atoms. The van der Waals surface area contributed by atoms with Gasteiger partial charge in [0.15, 0.2) is 5.76 Å². The largest absolute Gasteiger partial charge is 0.416 e. The van der Waals surface area contributed by atoms with Crippen LogP contribution in [0.1, 0.15) is 22.5 Å². The monoisotopic (exact) mass is 437 g/mol. The zero-order chi connectivity index (χ0) is 22.3. The Morgan fingerprint density at radius 2 is 1.91 bits per heavy atom. The fourth-order valence-electron chi connectivity index (χ4n) is 3.91. The number of carbonyl (C=O) groups is 1. The van der Waals surface area contributed by atoms with Gasteiger partial charge in [-0.15, -0.1) is 0 Å². The lowest BCUT2D eigenvalue weighted by molar-refractivity contribution is -0.137.